The lowest BCUT2D eigenvalue weighted by Gasteiger charge is -2.16. The molecule has 110 valence electrons. The third-order valence-electron chi connectivity index (χ3n) is 3.31. The van der Waals surface area contributed by atoms with Crippen LogP contribution >= 0.6 is 15.9 Å². The number of hydrogen-bond acceptors (Lipinski definition) is 2. The molecule has 0 bridgehead atoms. The van der Waals surface area contributed by atoms with Crippen molar-refractivity contribution in [2.75, 3.05) is 11.9 Å². The highest BCUT2D eigenvalue weighted by Crippen LogP contribution is 2.33. The van der Waals surface area contributed by atoms with Gasteiger partial charge in [-0.25, -0.2) is 0 Å². The zero-order chi connectivity index (χ0) is 14.9. The summed E-state index contributed by atoms with van der Waals surface area (Å²) in [6, 6.07) is 3.00. The monoisotopic (exact) mass is 350 g/mol. The number of carbonyl (C=O) groups is 1. The van der Waals surface area contributed by atoms with Crippen molar-refractivity contribution in [2.45, 2.75) is 25.6 Å². The fourth-order valence-corrected chi connectivity index (χ4v) is 2.72. The average molecular weight is 351 g/mol. The highest BCUT2D eigenvalue weighted by molar-refractivity contribution is 9.10. The van der Waals surface area contributed by atoms with Crippen LogP contribution in [0.25, 0.3) is 0 Å². The number of hydrogen-bond donors (Lipinski definition) is 2. The van der Waals surface area contributed by atoms with Gasteiger partial charge >= 0.3 is 6.18 Å². The summed E-state index contributed by atoms with van der Waals surface area (Å²) >= 11 is 3.02. The van der Waals surface area contributed by atoms with Gasteiger partial charge in [0.15, 0.2) is 0 Å². The van der Waals surface area contributed by atoms with Gasteiger partial charge in [-0.15, -0.1) is 0 Å². The minimum atomic E-state index is -4.44. The zero-order valence-electron chi connectivity index (χ0n) is 10.7. The number of halogens is 4. The van der Waals surface area contributed by atoms with Crippen LogP contribution in [0.4, 0.5) is 18.9 Å². The van der Waals surface area contributed by atoms with E-state index in [0.717, 1.165) is 25.1 Å². The van der Waals surface area contributed by atoms with Gasteiger partial charge in [0.1, 0.15) is 0 Å². The topological polar surface area (TPSA) is 41.1 Å². The average Bonchev–Trinajstić information content (AvgIpc) is 2.73. The van der Waals surface area contributed by atoms with Gasteiger partial charge in [0.2, 0.25) is 5.91 Å². The van der Waals surface area contributed by atoms with Gasteiger partial charge in [-0.1, -0.05) is 22.9 Å². The van der Waals surface area contributed by atoms with E-state index in [9.17, 15) is 18.0 Å². The van der Waals surface area contributed by atoms with Crippen molar-refractivity contribution < 1.29 is 18.0 Å². The van der Waals surface area contributed by atoms with Gasteiger partial charge < -0.3 is 10.6 Å². The minimum absolute atomic E-state index is 0.137. The van der Waals surface area contributed by atoms with E-state index in [1.165, 1.54) is 6.07 Å². The SMILES string of the molecule is CC1CCNC1C(=O)Nc1cc(Br)cc(C(F)(F)F)c1. The molecule has 1 aliphatic heterocycles. The molecule has 0 radical (unpaired) electrons. The first-order valence-electron chi connectivity index (χ1n) is 6.19. The number of benzene rings is 1. The lowest BCUT2D eigenvalue weighted by Crippen LogP contribution is -2.39. The molecule has 0 spiro atoms. The maximum Gasteiger partial charge on any atom is 0.416 e. The molecule has 3 nitrogen and oxygen atoms in total. The van der Waals surface area contributed by atoms with Crippen molar-refractivity contribution >= 4 is 27.5 Å². The van der Waals surface area contributed by atoms with Crippen LogP contribution in [0.5, 0.6) is 0 Å². The summed E-state index contributed by atoms with van der Waals surface area (Å²) in [6.45, 7) is 2.68. The van der Waals surface area contributed by atoms with Gasteiger partial charge in [-0.3, -0.25) is 4.79 Å². The number of carbonyl (C=O) groups excluding carboxylic acids is 1. The van der Waals surface area contributed by atoms with Crippen LogP contribution in [0.2, 0.25) is 0 Å². The lowest BCUT2D eigenvalue weighted by molar-refractivity contribution is -0.137. The fourth-order valence-electron chi connectivity index (χ4n) is 2.23. The Kier molecular flexibility index (Phi) is 4.39. The first kappa shape index (κ1) is 15.3. The normalized spacial score (nSPS) is 22.9. The fraction of sp³-hybridized carbons (Fsp3) is 0.462. The molecule has 1 aliphatic rings. The van der Waals surface area contributed by atoms with Crippen molar-refractivity contribution in [1.82, 2.24) is 5.32 Å². The molecule has 1 heterocycles. The number of nitrogens with one attached hydrogen (secondary N) is 2. The minimum Gasteiger partial charge on any atom is -0.325 e. The van der Waals surface area contributed by atoms with Gasteiger partial charge in [0.05, 0.1) is 11.6 Å². The van der Waals surface area contributed by atoms with E-state index in [-0.39, 0.29) is 28.0 Å². The first-order chi connectivity index (χ1) is 9.27. The maximum absolute atomic E-state index is 12.7. The Morgan fingerprint density at radius 3 is 2.65 bits per heavy atom. The first-order valence-corrected chi connectivity index (χ1v) is 6.98. The number of amides is 1. The van der Waals surface area contributed by atoms with Crippen LogP contribution in [-0.2, 0) is 11.0 Å². The van der Waals surface area contributed by atoms with E-state index < -0.39 is 11.7 Å². The zero-order valence-corrected chi connectivity index (χ0v) is 12.3. The smallest absolute Gasteiger partial charge is 0.325 e. The Labute approximate surface area is 123 Å². The van der Waals surface area contributed by atoms with Crippen LogP contribution in [0.1, 0.15) is 18.9 Å². The van der Waals surface area contributed by atoms with E-state index in [1.54, 1.807) is 0 Å². The molecule has 1 saturated heterocycles. The predicted molar refractivity (Wildman–Crippen MR) is 73.3 cm³/mol. The van der Waals surface area contributed by atoms with E-state index >= 15 is 0 Å². The molecule has 20 heavy (non-hydrogen) atoms. The quantitative estimate of drug-likeness (QED) is 0.858. The van der Waals surface area contributed by atoms with Crippen molar-refractivity contribution in [3.8, 4) is 0 Å². The molecule has 0 aliphatic carbocycles. The second kappa shape index (κ2) is 5.73. The van der Waals surface area contributed by atoms with Gasteiger partial charge in [-0.05, 0) is 37.1 Å². The Hall–Kier alpha value is -1.08. The Morgan fingerprint density at radius 2 is 2.10 bits per heavy atom. The standard InChI is InChI=1S/C13H14BrF3N2O/c1-7-2-3-18-11(7)12(20)19-10-5-8(13(15,16)17)4-9(14)6-10/h4-7,11,18H,2-3H2,1H3,(H,19,20). The van der Waals surface area contributed by atoms with Crippen LogP contribution in [0.15, 0.2) is 22.7 Å². The summed E-state index contributed by atoms with van der Waals surface area (Å²) in [5.41, 5.74) is -0.660. The van der Waals surface area contributed by atoms with E-state index in [4.69, 9.17) is 0 Å². The van der Waals surface area contributed by atoms with E-state index in [2.05, 4.69) is 26.6 Å². The molecule has 1 fully saturated rings. The summed E-state index contributed by atoms with van der Waals surface area (Å²) < 4.78 is 38.4. The van der Waals surface area contributed by atoms with Crippen molar-refractivity contribution in [1.29, 1.82) is 0 Å². The number of anilines is 1. The predicted octanol–water partition coefficient (Wildman–Crippen LogP) is 3.40. The molecular weight excluding hydrogens is 337 g/mol. The summed E-state index contributed by atoms with van der Waals surface area (Å²) in [5.74, 6) is -0.134. The molecule has 2 N–H and O–H groups in total. The Morgan fingerprint density at radius 1 is 1.40 bits per heavy atom. The summed E-state index contributed by atoms with van der Waals surface area (Å²) in [4.78, 5) is 12.0. The molecule has 1 amide bonds. The Bertz CT molecular complexity index is 519. The second-order valence-electron chi connectivity index (χ2n) is 4.91. The van der Waals surface area contributed by atoms with E-state index in [0.29, 0.717) is 0 Å². The summed E-state index contributed by atoms with van der Waals surface area (Å²) in [7, 11) is 0. The maximum atomic E-state index is 12.7. The van der Waals surface area contributed by atoms with Crippen LogP contribution in [0, 0.1) is 5.92 Å². The number of alkyl halides is 3. The Balaban J connectivity index is 2.17. The third-order valence-corrected chi connectivity index (χ3v) is 3.77. The molecule has 1 aromatic carbocycles. The van der Waals surface area contributed by atoms with Gasteiger partial charge in [0.25, 0.3) is 0 Å². The van der Waals surface area contributed by atoms with Gasteiger partial charge in [-0.2, -0.15) is 13.2 Å². The lowest BCUT2D eigenvalue weighted by atomic mass is 10.0. The third kappa shape index (κ3) is 3.52. The molecule has 0 saturated carbocycles. The molecule has 2 rings (SSSR count). The van der Waals surface area contributed by atoms with Crippen LogP contribution < -0.4 is 10.6 Å². The van der Waals surface area contributed by atoms with Crippen LogP contribution in [0.3, 0.4) is 0 Å². The largest absolute Gasteiger partial charge is 0.416 e. The second-order valence-corrected chi connectivity index (χ2v) is 5.83. The molecular formula is C13H14BrF3N2O. The highest BCUT2D eigenvalue weighted by atomic mass is 79.9. The summed E-state index contributed by atoms with van der Waals surface area (Å²) in [6.07, 6.45) is -3.56. The molecule has 1 aromatic rings. The van der Waals surface area contributed by atoms with Crippen LogP contribution in [-0.4, -0.2) is 18.5 Å². The summed E-state index contributed by atoms with van der Waals surface area (Å²) in [5, 5.41) is 5.58. The molecule has 7 heteroatoms. The van der Waals surface area contributed by atoms with Gasteiger partial charge in [0, 0.05) is 10.2 Å². The van der Waals surface area contributed by atoms with Crippen molar-refractivity contribution in [3.05, 3.63) is 28.2 Å². The highest BCUT2D eigenvalue weighted by Gasteiger charge is 2.32. The van der Waals surface area contributed by atoms with Crippen molar-refractivity contribution in [2.24, 2.45) is 5.92 Å². The van der Waals surface area contributed by atoms with E-state index in [1.807, 2.05) is 6.92 Å². The molecule has 2 unspecified atom stereocenters. The van der Waals surface area contributed by atoms with Crippen molar-refractivity contribution in [3.63, 3.8) is 0 Å². The number of rotatable bonds is 2. The molecule has 2 atom stereocenters. The molecule has 0 aromatic heterocycles.